The minimum absolute atomic E-state index is 0. The zero-order chi connectivity index (χ0) is 15.1. The molecule has 0 radical (unpaired) electrons. The summed E-state index contributed by atoms with van der Waals surface area (Å²) in [4.78, 5) is 0.339. The molecule has 0 aliphatic rings. The molecule has 0 N–H and O–H groups in total. The van der Waals surface area contributed by atoms with E-state index in [2.05, 4.69) is 13.3 Å². The zero-order valence-electron chi connectivity index (χ0n) is 10.6. The molecule has 1 unspecified atom stereocenters. The Morgan fingerprint density at radius 3 is 1.70 bits per heavy atom. The van der Waals surface area contributed by atoms with Crippen molar-refractivity contribution >= 4 is 11.1 Å². The summed E-state index contributed by atoms with van der Waals surface area (Å²) in [5.41, 5.74) is 1.06. The van der Waals surface area contributed by atoms with Crippen LogP contribution in [-0.2, 0) is 37.5 Å². The van der Waals surface area contributed by atoms with Crippen LogP contribution in [0.15, 0.2) is 59.5 Å². The second-order valence-corrected chi connectivity index (χ2v) is 3.95. The molecule has 0 saturated heterocycles. The van der Waals surface area contributed by atoms with Crippen LogP contribution in [0, 0.1) is 20.2 Å². The molecule has 2 aromatic carbocycles. The summed E-state index contributed by atoms with van der Waals surface area (Å²) in [6.07, 6.45) is 0. The van der Waals surface area contributed by atoms with Crippen molar-refractivity contribution in [2.75, 3.05) is 0 Å². The summed E-state index contributed by atoms with van der Waals surface area (Å²) >= 11 is -2.09. The molecule has 0 bridgehead atoms. The first-order valence-electron chi connectivity index (χ1n) is 4.93. The Balaban J connectivity index is -0.000000246. The summed E-state index contributed by atoms with van der Waals surface area (Å²) < 4.78 is 35.6. The molecule has 0 amide bonds. The Hall–Kier alpha value is -1.32. The summed E-state index contributed by atoms with van der Waals surface area (Å²) in [6, 6.07) is 16.7. The van der Waals surface area contributed by atoms with E-state index < -0.39 is 11.1 Å². The SMILES string of the molecule is Cc1ccc(S(=O)[O-])cc1.[C-]#[O+].[C-]#[O+].[Fe+6].c1cc[cH-]c1. The van der Waals surface area contributed by atoms with Gasteiger partial charge in [0.05, 0.1) is 0 Å². The molecule has 0 aliphatic carbocycles. The topological polar surface area (TPSA) is 79.9 Å². The Labute approximate surface area is 131 Å². The molecule has 2 rings (SSSR count). The van der Waals surface area contributed by atoms with Gasteiger partial charge in [-0.2, -0.15) is 18.2 Å². The molecule has 2 aromatic rings. The van der Waals surface area contributed by atoms with Crippen molar-refractivity contribution in [2.24, 2.45) is 0 Å². The van der Waals surface area contributed by atoms with Crippen LogP contribution >= 0.6 is 0 Å². The minimum atomic E-state index is -2.09. The fourth-order valence-corrected chi connectivity index (χ4v) is 1.33. The molecule has 6 heteroatoms. The number of hydrogen-bond donors (Lipinski definition) is 0. The van der Waals surface area contributed by atoms with E-state index in [0.29, 0.717) is 4.90 Å². The van der Waals surface area contributed by atoms with Crippen LogP contribution in [-0.4, -0.2) is 8.76 Å². The first kappa shape index (κ1) is 23.7. The van der Waals surface area contributed by atoms with Gasteiger partial charge in [-0.15, -0.1) is 0 Å². The Morgan fingerprint density at radius 2 is 1.45 bits per heavy atom. The summed E-state index contributed by atoms with van der Waals surface area (Å²) in [7, 11) is 0. The van der Waals surface area contributed by atoms with Gasteiger partial charge >= 0.3 is 39.7 Å². The van der Waals surface area contributed by atoms with Crippen LogP contribution in [0.2, 0.25) is 0 Å². The van der Waals surface area contributed by atoms with Crippen molar-refractivity contribution < 1.29 is 35.1 Å². The van der Waals surface area contributed by atoms with Crippen molar-refractivity contribution in [2.45, 2.75) is 11.8 Å². The number of rotatable bonds is 1. The maximum absolute atomic E-state index is 10.3. The summed E-state index contributed by atoms with van der Waals surface area (Å²) in [6.45, 7) is 10.9. The van der Waals surface area contributed by atoms with Crippen LogP contribution in [0.1, 0.15) is 5.56 Å². The van der Waals surface area contributed by atoms with Crippen LogP contribution in [0.4, 0.5) is 0 Å². The fourth-order valence-electron chi connectivity index (χ4n) is 0.970. The molecule has 0 aliphatic heterocycles. The molecule has 0 saturated carbocycles. The molecule has 0 heterocycles. The zero-order valence-corrected chi connectivity index (χ0v) is 12.5. The van der Waals surface area contributed by atoms with Crippen molar-refractivity contribution in [3.63, 3.8) is 0 Å². The first-order valence-corrected chi connectivity index (χ1v) is 6.01. The average Bonchev–Trinajstić information content (AvgIpc) is 3.03. The monoisotopic (exact) mass is 332 g/mol. The van der Waals surface area contributed by atoms with E-state index in [4.69, 9.17) is 9.30 Å². The molecular weight excluding hydrogens is 320 g/mol. The van der Waals surface area contributed by atoms with E-state index in [9.17, 15) is 8.76 Å². The first-order chi connectivity index (χ1) is 9.20. The molecule has 20 heavy (non-hydrogen) atoms. The predicted octanol–water partition coefficient (Wildman–Crippen LogP) is 2.56. The van der Waals surface area contributed by atoms with Gasteiger partial charge in [-0.25, -0.2) is 12.1 Å². The van der Waals surface area contributed by atoms with Crippen molar-refractivity contribution in [1.29, 1.82) is 0 Å². The van der Waals surface area contributed by atoms with Crippen molar-refractivity contribution in [1.82, 2.24) is 0 Å². The van der Waals surface area contributed by atoms with Gasteiger partial charge in [0.2, 0.25) is 0 Å². The van der Waals surface area contributed by atoms with Crippen LogP contribution < -0.4 is 0 Å². The molecule has 4 nitrogen and oxygen atoms in total. The standard InChI is InChI=1S/C7H8O2S.C5H5.2CO.Fe/c1-6-2-4-7(5-3-6)10(8)9;1-2-4-5-3-1;2*1-2;/h2-5H,1H3,(H,8,9);1-5H;;;/q;-1;;;+6/p-1. The van der Waals surface area contributed by atoms with E-state index in [-0.39, 0.29) is 17.1 Å². The second kappa shape index (κ2) is 17.7. The van der Waals surface area contributed by atoms with Gasteiger partial charge in [0.25, 0.3) is 0 Å². The molecule has 0 fully saturated rings. The Kier molecular flexibility index (Phi) is 21.0. The van der Waals surface area contributed by atoms with Gasteiger partial charge in [0, 0.05) is 4.90 Å². The van der Waals surface area contributed by atoms with Crippen molar-refractivity contribution in [3.05, 3.63) is 73.5 Å². The van der Waals surface area contributed by atoms with Gasteiger partial charge in [-0.05, 0) is 30.1 Å². The van der Waals surface area contributed by atoms with E-state index in [1.807, 2.05) is 37.3 Å². The summed E-state index contributed by atoms with van der Waals surface area (Å²) in [5, 5.41) is 0. The molecule has 1 atom stereocenters. The molecular formula is C14H12FeO4S+4. The van der Waals surface area contributed by atoms with E-state index >= 15 is 0 Å². The van der Waals surface area contributed by atoms with Crippen LogP contribution in [0.25, 0.3) is 0 Å². The molecule has 0 spiro atoms. The van der Waals surface area contributed by atoms with Gasteiger partial charge in [-0.3, -0.25) is 4.21 Å². The third kappa shape index (κ3) is 13.1. The maximum Gasteiger partial charge on any atom is 6.00 e. The van der Waals surface area contributed by atoms with Gasteiger partial charge in [-0.1, -0.05) is 17.7 Å². The third-order valence-electron chi connectivity index (χ3n) is 1.77. The Morgan fingerprint density at radius 1 is 1.05 bits per heavy atom. The van der Waals surface area contributed by atoms with Crippen LogP contribution in [0.5, 0.6) is 0 Å². The number of benzene rings is 1. The van der Waals surface area contributed by atoms with E-state index in [0.717, 1.165) is 5.56 Å². The van der Waals surface area contributed by atoms with E-state index in [1.54, 1.807) is 24.3 Å². The van der Waals surface area contributed by atoms with Gasteiger partial charge in [0.15, 0.2) is 0 Å². The minimum Gasteiger partial charge on any atom is -0.214 e. The van der Waals surface area contributed by atoms with Gasteiger partial charge < -0.3 is 4.55 Å². The predicted molar refractivity (Wildman–Crippen MR) is 68.3 cm³/mol. The fraction of sp³-hybridized carbons (Fsp3) is 0.0714. The van der Waals surface area contributed by atoms with Crippen molar-refractivity contribution in [3.8, 4) is 0 Å². The maximum atomic E-state index is 10.3. The second-order valence-electron chi connectivity index (χ2n) is 3.01. The van der Waals surface area contributed by atoms with Gasteiger partial charge in [0.1, 0.15) is 0 Å². The average molecular weight is 332 g/mol. The quantitative estimate of drug-likeness (QED) is 0.348. The Bertz CT molecular complexity index is 452. The van der Waals surface area contributed by atoms with E-state index in [1.165, 1.54) is 0 Å². The molecule has 0 aromatic heterocycles. The largest absolute Gasteiger partial charge is 6.00 e. The number of hydrogen-bond acceptors (Lipinski definition) is 2. The smallest absolute Gasteiger partial charge is 0.214 e. The van der Waals surface area contributed by atoms with Crippen LogP contribution in [0.3, 0.4) is 0 Å². The summed E-state index contributed by atoms with van der Waals surface area (Å²) in [5.74, 6) is 0. The molecule has 102 valence electrons. The number of aryl methyl sites for hydroxylation is 1. The third-order valence-corrected chi connectivity index (χ3v) is 2.43. The normalized spacial score (nSPS) is 8.70.